The van der Waals surface area contributed by atoms with E-state index in [9.17, 15) is 0 Å². The normalized spacial score (nSPS) is 10.6. The highest BCUT2D eigenvalue weighted by Gasteiger charge is 2.07. The maximum Gasteiger partial charge on any atom is 0.154 e. The first-order valence-electron chi connectivity index (χ1n) is 5.63. The Bertz CT molecular complexity index is 550. The van der Waals surface area contributed by atoms with Gasteiger partial charge in [0.25, 0.3) is 0 Å². The first-order chi connectivity index (χ1) is 8.10. The van der Waals surface area contributed by atoms with Crippen molar-refractivity contribution in [2.75, 3.05) is 0 Å². The average molecular weight is 228 g/mol. The summed E-state index contributed by atoms with van der Waals surface area (Å²) in [7, 11) is 0. The SMILES string of the molecule is Cc1ccc(C)c(-c2cc(C)nc(CO)n2)c1. The molecule has 1 heterocycles. The third kappa shape index (κ3) is 2.50. The highest BCUT2D eigenvalue weighted by molar-refractivity contribution is 5.64. The fraction of sp³-hybridized carbons (Fsp3) is 0.286. The second-order valence-corrected chi connectivity index (χ2v) is 4.29. The Morgan fingerprint density at radius 3 is 2.53 bits per heavy atom. The number of hydrogen-bond donors (Lipinski definition) is 1. The summed E-state index contributed by atoms with van der Waals surface area (Å²) in [4.78, 5) is 8.53. The lowest BCUT2D eigenvalue weighted by Gasteiger charge is -2.08. The van der Waals surface area contributed by atoms with E-state index in [0.717, 1.165) is 17.0 Å². The van der Waals surface area contributed by atoms with Crippen LogP contribution in [0.15, 0.2) is 24.3 Å². The van der Waals surface area contributed by atoms with Crippen LogP contribution in [0.5, 0.6) is 0 Å². The van der Waals surface area contributed by atoms with Gasteiger partial charge in [-0.2, -0.15) is 0 Å². The van der Waals surface area contributed by atoms with Gasteiger partial charge < -0.3 is 5.11 Å². The lowest BCUT2D eigenvalue weighted by atomic mass is 10.0. The van der Waals surface area contributed by atoms with Gasteiger partial charge in [0.2, 0.25) is 0 Å². The Morgan fingerprint density at radius 2 is 1.82 bits per heavy atom. The molecule has 0 fully saturated rings. The molecule has 0 aliphatic rings. The molecule has 1 aromatic carbocycles. The molecular weight excluding hydrogens is 212 g/mol. The summed E-state index contributed by atoms with van der Waals surface area (Å²) in [6.07, 6.45) is 0. The van der Waals surface area contributed by atoms with Gasteiger partial charge in [-0.05, 0) is 38.5 Å². The van der Waals surface area contributed by atoms with Gasteiger partial charge >= 0.3 is 0 Å². The summed E-state index contributed by atoms with van der Waals surface area (Å²) in [6, 6.07) is 8.22. The Kier molecular flexibility index (Phi) is 3.20. The molecule has 2 aromatic rings. The molecule has 0 radical (unpaired) electrons. The molecule has 0 aliphatic heterocycles. The molecule has 3 nitrogen and oxygen atoms in total. The van der Waals surface area contributed by atoms with E-state index in [2.05, 4.69) is 42.0 Å². The summed E-state index contributed by atoms with van der Waals surface area (Å²) in [5, 5.41) is 9.13. The van der Waals surface area contributed by atoms with Crippen LogP contribution in [-0.4, -0.2) is 15.1 Å². The summed E-state index contributed by atoms with van der Waals surface area (Å²) >= 11 is 0. The molecule has 88 valence electrons. The van der Waals surface area contributed by atoms with Gasteiger partial charge in [-0.25, -0.2) is 9.97 Å². The first-order valence-corrected chi connectivity index (χ1v) is 5.63. The van der Waals surface area contributed by atoms with Crippen LogP contribution in [0.3, 0.4) is 0 Å². The Labute approximate surface area is 101 Å². The zero-order chi connectivity index (χ0) is 12.4. The van der Waals surface area contributed by atoms with Crippen LogP contribution in [0, 0.1) is 20.8 Å². The van der Waals surface area contributed by atoms with Gasteiger partial charge in [-0.15, -0.1) is 0 Å². The Hall–Kier alpha value is -1.74. The van der Waals surface area contributed by atoms with Gasteiger partial charge in [0.1, 0.15) is 6.61 Å². The number of hydrogen-bond acceptors (Lipinski definition) is 3. The molecule has 0 spiro atoms. The molecule has 0 amide bonds. The number of aryl methyl sites for hydroxylation is 3. The molecule has 0 unspecified atom stereocenters. The minimum atomic E-state index is -0.125. The fourth-order valence-electron chi connectivity index (χ4n) is 1.85. The maximum absolute atomic E-state index is 9.13. The molecule has 0 aliphatic carbocycles. The number of rotatable bonds is 2. The molecule has 2 rings (SSSR count). The minimum absolute atomic E-state index is 0.125. The lowest BCUT2D eigenvalue weighted by Crippen LogP contribution is -1.99. The molecule has 0 bridgehead atoms. The second-order valence-electron chi connectivity index (χ2n) is 4.29. The van der Waals surface area contributed by atoms with E-state index in [4.69, 9.17) is 5.11 Å². The quantitative estimate of drug-likeness (QED) is 0.859. The minimum Gasteiger partial charge on any atom is -0.388 e. The van der Waals surface area contributed by atoms with Gasteiger partial charge in [0, 0.05) is 11.3 Å². The zero-order valence-electron chi connectivity index (χ0n) is 10.4. The van der Waals surface area contributed by atoms with Crippen molar-refractivity contribution in [3.8, 4) is 11.3 Å². The topological polar surface area (TPSA) is 46.0 Å². The van der Waals surface area contributed by atoms with Crippen LogP contribution < -0.4 is 0 Å². The Morgan fingerprint density at radius 1 is 1.06 bits per heavy atom. The second kappa shape index (κ2) is 4.63. The molecule has 1 N–H and O–H groups in total. The van der Waals surface area contributed by atoms with Crippen LogP contribution in [0.25, 0.3) is 11.3 Å². The van der Waals surface area contributed by atoms with Crippen molar-refractivity contribution in [1.29, 1.82) is 0 Å². The standard InChI is InChI=1S/C14H16N2O/c1-9-4-5-10(2)12(6-9)13-7-11(3)15-14(8-17)16-13/h4-7,17H,8H2,1-3H3. The number of aliphatic hydroxyl groups excluding tert-OH is 1. The molecule has 3 heteroatoms. The molecular formula is C14H16N2O. The van der Waals surface area contributed by atoms with Gasteiger partial charge in [-0.3, -0.25) is 0 Å². The monoisotopic (exact) mass is 228 g/mol. The van der Waals surface area contributed by atoms with Gasteiger partial charge in [0.15, 0.2) is 5.82 Å². The first kappa shape index (κ1) is 11.7. The number of aromatic nitrogens is 2. The van der Waals surface area contributed by atoms with Crippen molar-refractivity contribution in [2.24, 2.45) is 0 Å². The summed E-state index contributed by atoms with van der Waals surface area (Å²) < 4.78 is 0. The van der Waals surface area contributed by atoms with Crippen molar-refractivity contribution in [3.05, 3.63) is 46.9 Å². The molecule has 0 saturated heterocycles. The van der Waals surface area contributed by atoms with Crippen molar-refractivity contribution < 1.29 is 5.11 Å². The number of benzene rings is 1. The lowest BCUT2D eigenvalue weighted by molar-refractivity contribution is 0.271. The summed E-state index contributed by atoms with van der Waals surface area (Å²) in [6.45, 7) is 5.91. The van der Waals surface area contributed by atoms with Crippen molar-refractivity contribution >= 4 is 0 Å². The van der Waals surface area contributed by atoms with E-state index in [0.29, 0.717) is 5.82 Å². The molecule has 0 atom stereocenters. The highest BCUT2D eigenvalue weighted by Crippen LogP contribution is 2.23. The molecule has 17 heavy (non-hydrogen) atoms. The van der Waals surface area contributed by atoms with Crippen molar-refractivity contribution in [2.45, 2.75) is 27.4 Å². The molecule has 0 saturated carbocycles. The van der Waals surface area contributed by atoms with E-state index in [-0.39, 0.29) is 6.61 Å². The number of nitrogens with zero attached hydrogens (tertiary/aromatic N) is 2. The van der Waals surface area contributed by atoms with Crippen LogP contribution >= 0.6 is 0 Å². The zero-order valence-corrected chi connectivity index (χ0v) is 10.4. The van der Waals surface area contributed by atoms with E-state index in [1.165, 1.54) is 11.1 Å². The van der Waals surface area contributed by atoms with Crippen LogP contribution in [0.1, 0.15) is 22.6 Å². The van der Waals surface area contributed by atoms with Crippen molar-refractivity contribution in [3.63, 3.8) is 0 Å². The number of aliphatic hydroxyl groups is 1. The third-order valence-electron chi connectivity index (χ3n) is 2.71. The summed E-state index contributed by atoms with van der Waals surface area (Å²) in [5.41, 5.74) is 5.23. The van der Waals surface area contributed by atoms with E-state index >= 15 is 0 Å². The van der Waals surface area contributed by atoms with Crippen LogP contribution in [-0.2, 0) is 6.61 Å². The smallest absolute Gasteiger partial charge is 0.154 e. The van der Waals surface area contributed by atoms with E-state index < -0.39 is 0 Å². The van der Waals surface area contributed by atoms with Gasteiger partial charge in [0.05, 0.1) is 5.69 Å². The van der Waals surface area contributed by atoms with Crippen LogP contribution in [0.4, 0.5) is 0 Å². The largest absolute Gasteiger partial charge is 0.388 e. The fourth-order valence-corrected chi connectivity index (χ4v) is 1.85. The average Bonchev–Trinajstić information content (AvgIpc) is 2.31. The van der Waals surface area contributed by atoms with Crippen molar-refractivity contribution in [1.82, 2.24) is 9.97 Å². The van der Waals surface area contributed by atoms with Crippen LogP contribution in [0.2, 0.25) is 0 Å². The third-order valence-corrected chi connectivity index (χ3v) is 2.71. The molecule has 1 aromatic heterocycles. The van der Waals surface area contributed by atoms with Gasteiger partial charge in [-0.1, -0.05) is 17.7 Å². The maximum atomic E-state index is 9.13. The predicted molar refractivity (Wildman–Crippen MR) is 67.6 cm³/mol. The van der Waals surface area contributed by atoms with E-state index in [1.54, 1.807) is 0 Å². The predicted octanol–water partition coefficient (Wildman–Crippen LogP) is 2.56. The highest BCUT2D eigenvalue weighted by atomic mass is 16.3. The summed E-state index contributed by atoms with van der Waals surface area (Å²) in [5.74, 6) is 0.473. The van der Waals surface area contributed by atoms with E-state index in [1.807, 2.05) is 13.0 Å². The Balaban J connectivity index is 2.59.